The molecule has 0 amide bonds. The molecule has 2 saturated carbocycles. The van der Waals surface area contributed by atoms with Gasteiger partial charge in [-0.2, -0.15) is 44.8 Å². The van der Waals surface area contributed by atoms with E-state index < -0.39 is 45.8 Å². The fourth-order valence-electron chi connectivity index (χ4n) is 10.7. The lowest BCUT2D eigenvalue weighted by Crippen LogP contribution is -2.68. The number of alkyl halides is 9. The SMILES string of the molecule is CC(CCCCCCSSC(C)(C)CCOc1ccc2c(c1)CCC1C2CCC2(C)C(OCCN(C)CCOC(C(F)(F)F)(C(F)(F)F)C(F)(F)F)CCC12)COP(OCCC#N)N(C(C)C)C(C)C. The molecule has 7 atom stereocenters. The first-order valence-corrected chi connectivity index (χ1v) is 28.6. The molecule has 4 rings (SSSR count). The van der Waals surface area contributed by atoms with Crippen LogP contribution in [-0.4, -0.2) is 116 Å². The predicted molar refractivity (Wildman–Crippen MR) is 263 cm³/mol. The summed E-state index contributed by atoms with van der Waals surface area (Å²) in [7, 11) is 4.07. The van der Waals surface area contributed by atoms with Gasteiger partial charge in [-0.3, -0.25) is 0 Å². The Labute approximate surface area is 421 Å². The van der Waals surface area contributed by atoms with Gasteiger partial charge in [-0.1, -0.05) is 60.8 Å². The number of halogens is 9. The van der Waals surface area contributed by atoms with E-state index in [1.807, 2.05) is 21.6 Å². The van der Waals surface area contributed by atoms with E-state index in [0.717, 1.165) is 62.9 Å². The molecule has 7 unspecified atom stereocenters. The molecule has 70 heavy (non-hydrogen) atoms. The van der Waals surface area contributed by atoms with Crippen molar-refractivity contribution in [2.75, 3.05) is 58.9 Å². The van der Waals surface area contributed by atoms with Crippen LogP contribution in [0.3, 0.4) is 0 Å². The normalized spacial score (nSPS) is 23.2. The smallest absolute Gasteiger partial charge is 0.435 e. The van der Waals surface area contributed by atoms with Gasteiger partial charge in [-0.25, -0.2) is 4.67 Å². The average molecular weight is 1070 g/mol. The van der Waals surface area contributed by atoms with E-state index in [2.05, 4.69) is 89.1 Å². The Bertz CT molecular complexity index is 1730. The lowest BCUT2D eigenvalue weighted by molar-refractivity contribution is -0.457. The number of hydrogen-bond acceptors (Lipinski definition) is 10. The Hall–Kier alpha value is -1.23. The molecule has 3 aliphatic rings. The second-order valence-corrected chi connectivity index (χ2v) is 25.6. The molecular formula is C50H79F9N3O5PS2. The summed E-state index contributed by atoms with van der Waals surface area (Å²) in [6, 6.07) is 9.31. The summed E-state index contributed by atoms with van der Waals surface area (Å²) < 4.78 is 150. The van der Waals surface area contributed by atoms with Crippen LogP contribution in [-0.2, 0) is 24.9 Å². The van der Waals surface area contributed by atoms with Gasteiger partial charge in [-0.15, -0.1) is 0 Å². The van der Waals surface area contributed by atoms with Gasteiger partial charge in [0.25, 0.3) is 8.53 Å². The van der Waals surface area contributed by atoms with Crippen molar-refractivity contribution in [1.82, 2.24) is 9.57 Å². The molecule has 0 spiro atoms. The number of hydrogen-bond donors (Lipinski definition) is 0. The molecule has 0 radical (unpaired) electrons. The van der Waals surface area contributed by atoms with Crippen LogP contribution in [0.4, 0.5) is 39.5 Å². The van der Waals surface area contributed by atoms with Gasteiger partial charge in [0, 0.05) is 35.7 Å². The van der Waals surface area contributed by atoms with E-state index in [4.69, 9.17) is 23.8 Å². The second kappa shape index (κ2) is 27.0. The molecule has 404 valence electrons. The zero-order valence-electron chi connectivity index (χ0n) is 42.7. The van der Waals surface area contributed by atoms with Crippen LogP contribution in [0.15, 0.2) is 18.2 Å². The van der Waals surface area contributed by atoms with Crippen molar-refractivity contribution in [3.05, 3.63) is 29.3 Å². The lowest BCUT2D eigenvalue weighted by atomic mass is 9.55. The topological polar surface area (TPSA) is 76.4 Å². The minimum absolute atomic E-state index is 0.0649. The molecule has 20 heteroatoms. The molecule has 0 aromatic heterocycles. The van der Waals surface area contributed by atoms with Crippen molar-refractivity contribution < 1.29 is 62.8 Å². The van der Waals surface area contributed by atoms with Gasteiger partial charge in [0.15, 0.2) is 0 Å². The molecule has 0 bridgehead atoms. The number of aryl methyl sites for hydroxylation is 1. The quantitative estimate of drug-likeness (QED) is 0.0322. The van der Waals surface area contributed by atoms with Crippen molar-refractivity contribution in [3.63, 3.8) is 0 Å². The van der Waals surface area contributed by atoms with E-state index in [0.29, 0.717) is 49.9 Å². The van der Waals surface area contributed by atoms with Crippen molar-refractivity contribution in [2.24, 2.45) is 23.2 Å². The summed E-state index contributed by atoms with van der Waals surface area (Å²) in [4.78, 5) is 1.31. The monoisotopic (exact) mass is 1070 g/mol. The molecular weight excluding hydrogens is 989 g/mol. The Balaban J connectivity index is 1.12. The van der Waals surface area contributed by atoms with Gasteiger partial charge in [-0.05, 0) is 159 Å². The van der Waals surface area contributed by atoms with Crippen LogP contribution in [0.25, 0.3) is 0 Å². The highest BCUT2D eigenvalue weighted by atomic mass is 33.1. The van der Waals surface area contributed by atoms with Gasteiger partial charge >= 0.3 is 24.1 Å². The van der Waals surface area contributed by atoms with Crippen molar-refractivity contribution >= 4 is 30.1 Å². The van der Waals surface area contributed by atoms with E-state index in [1.165, 1.54) is 48.8 Å². The summed E-state index contributed by atoms with van der Waals surface area (Å²) in [6.45, 7) is 17.5. The van der Waals surface area contributed by atoms with Gasteiger partial charge < -0.3 is 28.2 Å². The van der Waals surface area contributed by atoms with Gasteiger partial charge in [0.1, 0.15) is 5.75 Å². The van der Waals surface area contributed by atoms with Crippen molar-refractivity contribution in [3.8, 4) is 11.8 Å². The molecule has 0 saturated heterocycles. The largest absolute Gasteiger partial charge is 0.494 e. The summed E-state index contributed by atoms with van der Waals surface area (Å²) in [5.41, 5.74) is -3.63. The van der Waals surface area contributed by atoms with Crippen LogP contribution in [0, 0.1) is 34.5 Å². The summed E-state index contributed by atoms with van der Waals surface area (Å²) in [5, 5.41) is 8.96. The van der Waals surface area contributed by atoms with E-state index >= 15 is 0 Å². The molecule has 3 aliphatic carbocycles. The first-order valence-electron chi connectivity index (χ1n) is 25.1. The van der Waals surface area contributed by atoms with Crippen LogP contribution < -0.4 is 4.74 Å². The highest BCUT2D eigenvalue weighted by Gasteiger charge is 2.85. The van der Waals surface area contributed by atoms with E-state index in [-0.39, 0.29) is 41.5 Å². The molecule has 0 heterocycles. The number of unbranched alkanes of at least 4 members (excludes halogenated alkanes) is 3. The molecule has 0 aliphatic heterocycles. The van der Waals surface area contributed by atoms with Crippen LogP contribution in [0.1, 0.15) is 149 Å². The summed E-state index contributed by atoms with van der Waals surface area (Å²) in [6.07, 6.45) is -7.37. The maximum Gasteiger partial charge on any atom is 0.435 e. The van der Waals surface area contributed by atoms with Crippen LogP contribution in [0.2, 0.25) is 0 Å². The standard InChI is InChI=1S/C50H79F9N3O5PS2/c1-35(2)62(36(3)4)68(66-28-14-25-60)67-34-37(5)15-12-10-11-13-32-69-70-45(6,7)24-29-63-39-17-19-40-38(33-39)16-18-42-41(40)22-23-46(8)43(42)20-21-44(46)64-30-26-61(9)27-31-65-47(48(51,52)53,49(54,55)56)50(57,58)59/h17,19,33,35-37,41-44H,10-16,18,20-24,26-32,34H2,1-9H3. The number of nitrogens with zero attached hydrogens (tertiary/aromatic N) is 3. The average Bonchev–Trinajstić information content (AvgIpc) is 3.59. The minimum atomic E-state index is -6.75. The van der Waals surface area contributed by atoms with Crippen LogP contribution >= 0.6 is 30.1 Å². The third kappa shape index (κ3) is 16.4. The first-order chi connectivity index (χ1) is 32.7. The fourth-order valence-corrected chi connectivity index (χ4v) is 15.1. The fraction of sp³-hybridized carbons (Fsp3) is 0.860. The van der Waals surface area contributed by atoms with Gasteiger partial charge in [0.2, 0.25) is 0 Å². The number of likely N-dealkylation sites (N-methyl/N-ethyl adjacent to an activating group) is 1. The van der Waals surface area contributed by atoms with E-state index in [1.54, 1.807) is 0 Å². The Morgan fingerprint density at radius 2 is 1.49 bits per heavy atom. The number of ether oxygens (including phenoxy) is 3. The molecule has 0 N–H and O–H groups in total. The lowest BCUT2D eigenvalue weighted by Gasteiger charge is -2.50. The van der Waals surface area contributed by atoms with Crippen molar-refractivity contribution in [1.29, 1.82) is 5.26 Å². The summed E-state index contributed by atoms with van der Waals surface area (Å²) >= 11 is 0. The third-order valence-electron chi connectivity index (χ3n) is 14.5. The Morgan fingerprint density at radius 3 is 2.13 bits per heavy atom. The highest BCUT2D eigenvalue weighted by Crippen LogP contribution is 2.62. The Morgan fingerprint density at radius 1 is 0.829 bits per heavy atom. The molecule has 2 fully saturated rings. The third-order valence-corrected chi connectivity index (χ3v) is 20.0. The molecule has 1 aromatic carbocycles. The molecule has 8 nitrogen and oxygen atoms in total. The van der Waals surface area contributed by atoms with Crippen LogP contribution in [0.5, 0.6) is 5.75 Å². The van der Waals surface area contributed by atoms with E-state index in [9.17, 15) is 39.5 Å². The summed E-state index contributed by atoms with van der Waals surface area (Å²) in [5.74, 6) is 3.80. The zero-order valence-corrected chi connectivity index (χ0v) is 45.2. The number of rotatable bonds is 30. The maximum atomic E-state index is 13.2. The zero-order chi connectivity index (χ0) is 52.1. The van der Waals surface area contributed by atoms with Gasteiger partial charge in [0.05, 0.1) is 51.6 Å². The number of nitriles is 1. The highest BCUT2D eigenvalue weighted by molar-refractivity contribution is 8.77. The maximum absolute atomic E-state index is 13.2. The molecule has 1 aromatic rings. The van der Waals surface area contributed by atoms with Crippen molar-refractivity contribution in [2.45, 2.75) is 192 Å². The number of fused-ring (bicyclic) bond motifs is 5. The second-order valence-electron chi connectivity index (χ2n) is 21.0. The predicted octanol–water partition coefficient (Wildman–Crippen LogP) is 15.1. The number of benzene rings is 1. The minimum Gasteiger partial charge on any atom is -0.494 e. The Kier molecular flexibility index (Phi) is 23.7. The first kappa shape index (κ1) is 61.3.